The molecule has 1 N–H and O–H groups in total. The molecule has 0 radical (unpaired) electrons. The van der Waals surface area contributed by atoms with Crippen LogP contribution in [0.15, 0.2) is 29.6 Å². The summed E-state index contributed by atoms with van der Waals surface area (Å²) in [6.07, 6.45) is 8.95. The van der Waals surface area contributed by atoms with Crippen molar-refractivity contribution in [1.29, 1.82) is 0 Å². The molecule has 0 spiro atoms. The zero-order valence-corrected chi connectivity index (χ0v) is 11.1. The van der Waals surface area contributed by atoms with Gasteiger partial charge in [-0.2, -0.15) is 5.10 Å². The lowest BCUT2D eigenvalue weighted by Crippen LogP contribution is -2.19. The molecule has 0 saturated heterocycles. The first-order valence-corrected chi connectivity index (χ1v) is 6.47. The van der Waals surface area contributed by atoms with Gasteiger partial charge in [0, 0.05) is 18.1 Å². The Morgan fingerprint density at radius 1 is 1.39 bits per heavy atom. The second-order valence-electron chi connectivity index (χ2n) is 4.34. The molecule has 0 unspecified atom stereocenters. The fourth-order valence-electron chi connectivity index (χ4n) is 1.57. The largest absolute Gasteiger partial charge is 0.272 e. The van der Waals surface area contributed by atoms with Gasteiger partial charge in [0.15, 0.2) is 0 Å². The third-order valence-corrected chi connectivity index (χ3v) is 2.66. The van der Waals surface area contributed by atoms with Crippen LogP contribution in [0.2, 0.25) is 0 Å². The van der Waals surface area contributed by atoms with E-state index in [9.17, 15) is 4.79 Å². The Bertz CT molecular complexity index is 387. The normalized spacial score (nSPS) is 11.3. The predicted molar refractivity (Wildman–Crippen MR) is 73.6 cm³/mol. The van der Waals surface area contributed by atoms with Crippen LogP contribution in [0.5, 0.6) is 0 Å². The molecule has 1 amide bonds. The first-order valence-electron chi connectivity index (χ1n) is 6.47. The summed E-state index contributed by atoms with van der Waals surface area (Å²) in [6.45, 7) is 4.13. The molecule has 4 heteroatoms. The van der Waals surface area contributed by atoms with Gasteiger partial charge in [-0.1, -0.05) is 26.2 Å². The Labute approximate surface area is 109 Å². The van der Waals surface area contributed by atoms with E-state index in [0.29, 0.717) is 5.56 Å². The molecule has 0 fully saturated rings. The van der Waals surface area contributed by atoms with Crippen LogP contribution < -0.4 is 5.43 Å². The van der Waals surface area contributed by atoms with E-state index in [4.69, 9.17) is 0 Å². The van der Waals surface area contributed by atoms with Gasteiger partial charge in [-0.3, -0.25) is 9.78 Å². The van der Waals surface area contributed by atoms with Crippen LogP contribution >= 0.6 is 0 Å². The molecule has 1 heterocycles. The number of pyridine rings is 1. The number of nitrogens with zero attached hydrogens (tertiary/aromatic N) is 2. The molecule has 0 bridgehead atoms. The van der Waals surface area contributed by atoms with Crippen molar-refractivity contribution >= 4 is 11.6 Å². The summed E-state index contributed by atoms with van der Waals surface area (Å²) >= 11 is 0. The van der Waals surface area contributed by atoms with E-state index in [1.807, 2.05) is 6.92 Å². The molecule has 0 aliphatic rings. The van der Waals surface area contributed by atoms with Crippen LogP contribution in [-0.4, -0.2) is 16.6 Å². The van der Waals surface area contributed by atoms with Gasteiger partial charge in [0.1, 0.15) is 0 Å². The van der Waals surface area contributed by atoms with Crippen LogP contribution in [0.4, 0.5) is 0 Å². The van der Waals surface area contributed by atoms with Gasteiger partial charge < -0.3 is 0 Å². The van der Waals surface area contributed by atoms with Crippen molar-refractivity contribution in [3.63, 3.8) is 0 Å². The predicted octanol–water partition coefficient (Wildman–Crippen LogP) is 3.16. The molecule has 4 nitrogen and oxygen atoms in total. The number of nitrogens with one attached hydrogen (secondary N) is 1. The second-order valence-corrected chi connectivity index (χ2v) is 4.34. The van der Waals surface area contributed by atoms with Crippen molar-refractivity contribution in [2.24, 2.45) is 5.10 Å². The summed E-state index contributed by atoms with van der Waals surface area (Å²) < 4.78 is 0. The summed E-state index contributed by atoms with van der Waals surface area (Å²) in [5, 5.41) is 4.09. The molecular formula is C14H21N3O. The van der Waals surface area contributed by atoms with Crippen LogP contribution in [0.1, 0.15) is 56.3 Å². The minimum Gasteiger partial charge on any atom is -0.267 e. The monoisotopic (exact) mass is 247 g/mol. The number of hydrogen-bond acceptors (Lipinski definition) is 3. The molecule has 0 aromatic carbocycles. The maximum atomic E-state index is 11.7. The Kier molecular flexibility index (Phi) is 6.69. The molecule has 18 heavy (non-hydrogen) atoms. The van der Waals surface area contributed by atoms with Crippen molar-refractivity contribution < 1.29 is 4.79 Å². The van der Waals surface area contributed by atoms with Gasteiger partial charge in [-0.15, -0.1) is 0 Å². The van der Waals surface area contributed by atoms with Gasteiger partial charge in [-0.25, -0.2) is 5.43 Å². The zero-order valence-electron chi connectivity index (χ0n) is 11.1. The fraction of sp³-hybridized carbons (Fsp3) is 0.500. The summed E-state index contributed by atoms with van der Waals surface area (Å²) in [7, 11) is 0. The number of hydrazone groups is 1. The van der Waals surface area contributed by atoms with Gasteiger partial charge in [0.25, 0.3) is 5.91 Å². The van der Waals surface area contributed by atoms with E-state index >= 15 is 0 Å². The Balaban J connectivity index is 2.32. The topological polar surface area (TPSA) is 54.4 Å². The fourth-order valence-corrected chi connectivity index (χ4v) is 1.57. The van der Waals surface area contributed by atoms with Crippen molar-refractivity contribution in [1.82, 2.24) is 10.4 Å². The molecule has 0 aliphatic heterocycles. The highest BCUT2D eigenvalue weighted by Gasteiger charge is 2.03. The van der Waals surface area contributed by atoms with Crippen molar-refractivity contribution in [3.05, 3.63) is 30.1 Å². The minimum atomic E-state index is -0.212. The first-order chi connectivity index (χ1) is 8.74. The van der Waals surface area contributed by atoms with Crippen LogP contribution in [0.25, 0.3) is 0 Å². The number of amides is 1. The van der Waals surface area contributed by atoms with Gasteiger partial charge >= 0.3 is 0 Å². The smallest absolute Gasteiger partial charge is 0.267 e. The van der Waals surface area contributed by atoms with E-state index in [-0.39, 0.29) is 5.91 Å². The molecule has 0 saturated carbocycles. The summed E-state index contributed by atoms with van der Waals surface area (Å²) in [5.74, 6) is -0.212. The van der Waals surface area contributed by atoms with Crippen molar-refractivity contribution in [2.75, 3.05) is 0 Å². The van der Waals surface area contributed by atoms with Gasteiger partial charge in [0.2, 0.25) is 0 Å². The Morgan fingerprint density at radius 3 is 2.89 bits per heavy atom. The highest BCUT2D eigenvalue weighted by molar-refractivity contribution is 5.94. The highest BCUT2D eigenvalue weighted by Crippen LogP contribution is 2.03. The third kappa shape index (κ3) is 5.57. The molecule has 1 aromatic rings. The lowest BCUT2D eigenvalue weighted by molar-refractivity contribution is 0.0954. The number of hydrogen-bond donors (Lipinski definition) is 1. The number of carbonyl (C=O) groups excluding carboxylic acids is 1. The van der Waals surface area contributed by atoms with Crippen LogP contribution in [0, 0.1) is 0 Å². The van der Waals surface area contributed by atoms with Crippen LogP contribution in [-0.2, 0) is 0 Å². The standard InChI is InChI=1S/C14H21N3O/c1-3-4-5-6-8-12(2)16-17-14(18)13-9-7-10-15-11-13/h7,9-11H,3-6,8H2,1-2H3,(H,17,18)/b16-12+. The molecule has 0 atom stereocenters. The van der Waals surface area contributed by atoms with Crippen molar-refractivity contribution in [2.45, 2.75) is 46.0 Å². The number of aromatic nitrogens is 1. The second kappa shape index (κ2) is 8.39. The van der Waals surface area contributed by atoms with E-state index < -0.39 is 0 Å². The summed E-state index contributed by atoms with van der Waals surface area (Å²) in [4.78, 5) is 15.6. The maximum absolute atomic E-state index is 11.7. The number of rotatable bonds is 7. The molecule has 98 valence electrons. The quantitative estimate of drug-likeness (QED) is 0.457. The van der Waals surface area contributed by atoms with Gasteiger partial charge in [-0.05, 0) is 31.9 Å². The number of carbonyl (C=O) groups is 1. The van der Waals surface area contributed by atoms with Crippen molar-refractivity contribution in [3.8, 4) is 0 Å². The van der Waals surface area contributed by atoms with E-state index in [1.165, 1.54) is 25.5 Å². The average Bonchev–Trinajstić information content (AvgIpc) is 2.42. The first kappa shape index (κ1) is 14.4. The SMILES string of the molecule is CCCCCC/C(C)=N/NC(=O)c1cccnc1. The summed E-state index contributed by atoms with van der Waals surface area (Å²) in [5.41, 5.74) is 4.04. The van der Waals surface area contributed by atoms with E-state index in [2.05, 4.69) is 22.4 Å². The third-order valence-electron chi connectivity index (χ3n) is 2.66. The molecule has 1 rings (SSSR count). The Hall–Kier alpha value is -1.71. The van der Waals surface area contributed by atoms with Gasteiger partial charge in [0.05, 0.1) is 5.56 Å². The zero-order chi connectivity index (χ0) is 13.2. The maximum Gasteiger partial charge on any atom is 0.272 e. The highest BCUT2D eigenvalue weighted by atomic mass is 16.2. The lowest BCUT2D eigenvalue weighted by Gasteiger charge is -2.02. The van der Waals surface area contributed by atoms with E-state index in [1.54, 1.807) is 18.3 Å². The average molecular weight is 247 g/mol. The summed E-state index contributed by atoms with van der Waals surface area (Å²) in [6, 6.07) is 3.45. The lowest BCUT2D eigenvalue weighted by atomic mass is 10.1. The van der Waals surface area contributed by atoms with Crippen LogP contribution in [0.3, 0.4) is 0 Å². The molecular weight excluding hydrogens is 226 g/mol. The Morgan fingerprint density at radius 2 is 2.22 bits per heavy atom. The minimum absolute atomic E-state index is 0.212. The molecule has 1 aromatic heterocycles. The molecule has 0 aliphatic carbocycles. The number of unbranched alkanes of at least 4 members (excludes halogenated alkanes) is 3. The van der Waals surface area contributed by atoms with E-state index in [0.717, 1.165) is 18.6 Å².